The van der Waals surface area contributed by atoms with E-state index in [0.29, 0.717) is 11.3 Å². The first kappa shape index (κ1) is 16.5. The van der Waals surface area contributed by atoms with Crippen molar-refractivity contribution in [3.63, 3.8) is 0 Å². The van der Waals surface area contributed by atoms with Crippen molar-refractivity contribution in [2.75, 3.05) is 18.9 Å². The monoisotopic (exact) mass is 328 g/mol. The van der Waals surface area contributed by atoms with Crippen LogP contribution in [0.4, 0.5) is 5.82 Å². The maximum atomic E-state index is 13.2. The average Bonchev–Trinajstić information content (AvgIpc) is 3.21. The summed E-state index contributed by atoms with van der Waals surface area (Å²) >= 11 is 0. The Kier molecular flexibility index (Phi) is 4.55. The van der Waals surface area contributed by atoms with Gasteiger partial charge in [0.25, 0.3) is 5.91 Å². The lowest BCUT2D eigenvalue weighted by Crippen LogP contribution is -2.31. The van der Waals surface area contributed by atoms with Crippen LogP contribution in [0.1, 0.15) is 66.0 Å². The average molecular weight is 328 g/mol. The fourth-order valence-electron chi connectivity index (χ4n) is 3.33. The van der Waals surface area contributed by atoms with E-state index < -0.39 is 0 Å². The number of aryl methyl sites for hydroxylation is 1. The minimum absolute atomic E-state index is 0.0165. The molecule has 0 saturated carbocycles. The first-order valence-electron chi connectivity index (χ1n) is 8.43. The van der Waals surface area contributed by atoms with Gasteiger partial charge in [0, 0.05) is 19.8 Å². The number of amides is 1. The Balaban J connectivity index is 1.93. The van der Waals surface area contributed by atoms with Crippen LogP contribution in [0.3, 0.4) is 0 Å². The number of pyridine rings is 1. The van der Waals surface area contributed by atoms with Crippen molar-refractivity contribution >= 4 is 11.7 Å². The molecule has 1 unspecified atom stereocenters. The van der Waals surface area contributed by atoms with Crippen molar-refractivity contribution in [2.45, 2.75) is 45.6 Å². The Morgan fingerprint density at radius 3 is 2.96 bits per heavy atom. The van der Waals surface area contributed by atoms with Gasteiger partial charge in [-0.25, -0.2) is 4.98 Å². The van der Waals surface area contributed by atoms with Crippen LogP contribution < -0.4 is 5.32 Å². The highest BCUT2D eigenvalue weighted by Crippen LogP contribution is 2.35. The molecule has 1 saturated heterocycles. The van der Waals surface area contributed by atoms with Crippen LogP contribution in [0.5, 0.6) is 0 Å². The number of nitrogens with one attached hydrogen (secondary N) is 1. The molecule has 1 aliphatic rings. The topological polar surface area (TPSA) is 71.3 Å². The van der Waals surface area contributed by atoms with Gasteiger partial charge in [-0.2, -0.15) is 0 Å². The lowest BCUT2D eigenvalue weighted by Gasteiger charge is -2.25. The van der Waals surface area contributed by atoms with Gasteiger partial charge in [0.1, 0.15) is 17.1 Å². The van der Waals surface area contributed by atoms with Crippen LogP contribution in [-0.2, 0) is 0 Å². The molecule has 2 aromatic heterocycles. The van der Waals surface area contributed by atoms with Crippen LogP contribution in [0.25, 0.3) is 0 Å². The van der Waals surface area contributed by atoms with Crippen molar-refractivity contribution in [1.82, 2.24) is 15.0 Å². The van der Waals surface area contributed by atoms with Crippen LogP contribution in [-0.4, -0.2) is 34.5 Å². The summed E-state index contributed by atoms with van der Waals surface area (Å²) < 4.78 is 5.30. The minimum Gasteiger partial charge on any atom is -0.373 e. The van der Waals surface area contributed by atoms with E-state index in [2.05, 4.69) is 15.5 Å². The Morgan fingerprint density at radius 2 is 2.25 bits per heavy atom. The Bertz CT molecular complexity index is 738. The number of carbonyl (C=O) groups is 1. The summed E-state index contributed by atoms with van der Waals surface area (Å²) in [6, 6.07) is 4.07. The maximum Gasteiger partial charge on any atom is 0.259 e. The predicted molar refractivity (Wildman–Crippen MR) is 92.1 cm³/mol. The van der Waals surface area contributed by atoms with E-state index in [9.17, 15) is 4.79 Å². The molecule has 2 aromatic rings. The second-order valence-corrected chi connectivity index (χ2v) is 6.53. The van der Waals surface area contributed by atoms with Gasteiger partial charge in [0.05, 0.1) is 11.7 Å². The molecule has 0 aliphatic carbocycles. The molecule has 3 rings (SSSR count). The minimum atomic E-state index is 0.0165. The second kappa shape index (κ2) is 6.63. The number of nitrogens with zero attached hydrogens (tertiary/aromatic N) is 3. The van der Waals surface area contributed by atoms with Crippen LogP contribution in [0, 0.1) is 6.92 Å². The molecule has 1 amide bonds. The van der Waals surface area contributed by atoms with Gasteiger partial charge in [0.2, 0.25) is 0 Å². The lowest BCUT2D eigenvalue weighted by atomic mass is 10.0. The Hall–Kier alpha value is -2.37. The van der Waals surface area contributed by atoms with E-state index in [-0.39, 0.29) is 17.9 Å². The smallest absolute Gasteiger partial charge is 0.259 e. The molecule has 128 valence electrons. The van der Waals surface area contributed by atoms with E-state index in [1.54, 1.807) is 6.20 Å². The van der Waals surface area contributed by atoms with Gasteiger partial charge < -0.3 is 14.7 Å². The van der Waals surface area contributed by atoms with E-state index in [1.165, 1.54) is 0 Å². The van der Waals surface area contributed by atoms with Gasteiger partial charge >= 0.3 is 0 Å². The van der Waals surface area contributed by atoms with Gasteiger partial charge in [0.15, 0.2) is 0 Å². The summed E-state index contributed by atoms with van der Waals surface area (Å²) in [5.41, 5.74) is 2.48. The quantitative estimate of drug-likeness (QED) is 0.930. The fraction of sp³-hybridized carbons (Fsp3) is 0.500. The zero-order valence-electron chi connectivity index (χ0n) is 14.7. The predicted octanol–water partition coefficient (Wildman–Crippen LogP) is 3.52. The highest BCUT2D eigenvalue weighted by Gasteiger charge is 2.34. The van der Waals surface area contributed by atoms with Crippen molar-refractivity contribution in [2.24, 2.45) is 0 Å². The highest BCUT2D eigenvalue weighted by atomic mass is 16.5. The van der Waals surface area contributed by atoms with Gasteiger partial charge in [-0.15, -0.1) is 0 Å². The van der Waals surface area contributed by atoms with Crippen molar-refractivity contribution in [3.8, 4) is 0 Å². The summed E-state index contributed by atoms with van der Waals surface area (Å²) in [4.78, 5) is 19.4. The second-order valence-electron chi connectivity index (χ2n) is 6.53. The molecular weight excluding hydrogens is 304 g/mol. The van der Waals surface area contributed by atoms with Crippen LogP contribution in [0.2, 0.25) is 0 Å². The number of hydrogen-bond acceptors (Lipinski definition) is 5. The van der Waals surface area contributed by atoms with E-state index in [0.717, 1.165) is 36.5 Å². The van der Waals surface area contributed by atoms with Crippen molar-refractivity contribution < 1.29 is 9.32 Å². The number of rotatable bonds is 4. The number of likely N-dealkylation sites (tertiary alicyclic amines) is 1. The molecule has 1 N–H and O–H groups in total. The van der Waals surface area contributed by atoms with Crippen molar-refractivity contribution in [3.05, 3.63) is 40.9 Å². The molecule has 1 fully saturated rings. The Labute approximate surface area is 142 Å². The fourth-order valence-corrected chi connectivity index (χ4v) is 3.33. The molecule has 1 aliphatic heterocycles. The normalized spacial score (nSPS) is 17.5. The molecule has 0 spiro atoms. The first-order chi connectivity index (χ1) is 11.5. The molecule has 0 aromatic carbocycles. The molecule has 6 heteroatoms. The number of carbonyl (C=O) groups excluding carboxylic acids is 1. The van der Waals surface area contributed by atoms with Gasteiger partial charge in [-0.3, -0.25) is 4.79 Å². The third kappa shape index (κ3) is 2.88. The number of anilines is 1. The van der Waals surface area contributed by atoms with Crippen LogP contribution >= 0.6 is 0 Å². The zero-order chi connectivity index (χ0) is 17.3. The van der Waals surface area contributed by atoms with Gasteiger partial charge in [-0.05, 0) is 43.4 Å². The summed E-state index contributed by atoms with van der Waals surface area (Å²) in [5.74, 6) is 1.58. The summed E-state index contributed by atoms with van der Waals surface area (Å²) in [7, 11) is 1.85. The summed E-state index contributed by atoms with van der Waals surface area (Å²) in [5, 5.41) is 7.15. The maximum absolute atomic E-state index is 13.2. The standard InChI is InChI=1S/C18H24N4O2/c1-11(2)17-16(12(3)24-21-17)18(23)22-9-5-6-14(22)13-7-8-20-15(10-13)19-4/h7-8,10-11,14H,5-6,9H2,1-4H3,(H,19,20). The van der Waals surface area contributed by atoms with Gasteiger partial charge in [-0.1, -0.05) is 19.0 Å². The summed E-state index contributed by atoms with van der Waals surface area (Å²) in [6.07, 6.45) is 3.74. The molecule has 6 nitrogen and oxygen atoms in total. The molecule has 0 bridgehead atoms. The SMILES string of the molecule is CNc1cc(C2CCCN2C(=O)c2c(C(C)C)noc2C)ccn1. The molecule has 3 heterocycles. The lowest BCUT2D eigenvalue weighted by molar-refractivity contribution is 0.0732. The van der Waals surface area contributed by atoms with Crippen LogP contribution in [0.15, 0.2) is 22.9 Å². The molecule has 0 radical (unpaired) electrons. The summed E-state index contributed by atoms with van der Waals surface area (Å²) in [6.45, 7) is 6.61. The number of hydrogen-bond donors (Lipinski definition) is 1. The third-order valence-electron chi connectivity index (χ3n) is 4.59. The van der Waals surface area contributed by atoms with E-state index in [4.69, 9.17) is 4.52 Å². The largest absolute Gasteiger partial charge is 0.373 e. The number of aromatic nitrogens is 2. The van der Waals surface area contributed by atoms with E-state index >= 15 is 0 Å². The zero-order valence-corrected chi connectivity index (χ0v) is 14.7. The first-order valence-corrected chi connectivity index (χ1v) is 8.43. The Morgan fingerprint density at radius 1 is 1.46 bits per heavy atom. The molecule has 24 heavy (non-hydrogen) atoms. The van der Waals surface area contributed by atoms with E-state index in [1.807, 2.05) is 44.9 Å². The molecular formula is C18H24N4O2. The molecule has 1 atom stereocenters. The highest BCUT2D eigenvalue weighted by molar-refractivity contribution is 5.96. The van der Waals surface area contributed by atoms with Crippen molar-refractivity contribution in [1.29, 1.82) is 0 Å². The third-order valence-corrected chi connectivity index (χ3v) is 4.59.